The molecule has 0 radical (unpaired) electrons. The normalized spacial score (nSPS) is 13.5. The van der Waals surface area contributed by atoms with E-state index in [4.69, 9.17) is 33.2 Å². The molecule has 1 aliphatic rings. The summed E-state index contributed by atoms with van der Waals surface area (Å²) in [7, 11) is 0. The van der Waals surface area contributed by atoms with Crippen molar-refractivity contribution in [2.45, 2.75) is 6.54 Å². The van der Waals surface area contributed by atoms with E-state index in [9.17, 15) is 14.9 Å². The zero-order chi connectivity index (χ0) is 27.5. The maximum atomic E-state index is 13.0. The molecule has 1 aliphatic heterocycles. The largest absolute Gasteiger partial charge is 0.365 e. The zero-order valence-corrected chi connectivity index (χ0v) is 22.3. The van der Waals surface area contributed by atoms with Crippen molar-refractivity contribution >= 4 is 57.7 Å². The highest BCUT2D eigenvalue weighted by molar-refractivity contribution is 6.36. The average Bonchev–Trinajstić information content (AvgIpc) is 3.34. The van der Waals surface area contributed by atoms with Gasteiger partial charge in [0.2, 0.25) is 5.95 Å². The Morgan fingerprint density at radius 2 is 1.85 bits per heavy atom. The van der Waals surface area contributed by atoms with E-state index in [1.54, 1.807) is 47.6 Å². The number of aromatic nitrogens is 4. The number of amides is 1. The maximum Gasteiger partial charge on any atom is 0.269 e. The third kappa shape index (κ3) is 5.64. The minimum absolute atomic E-state index is 0.0331. The van der Waals surface area contributed by atoms with Crippen LogP contribution in [0.5, 0.6) is 0 Å². The molecule has 39 heavy (non-hydrogen) atoms. The number of rotatable bonds is 8. The van der Waals surface area contributed by atoms with E-state index >= 15 is 0 Å². The van der Waals surface area contributed by atoms with E-state index in [-0.39, 0.29) is 11.6 Å². The smallest absolute Gasteiger partial charge is 0.269 e. The molecule has 200 valence electrons. The summed E-state index contributed by atoms with van der Waals surface area (Å²) in [4.78, 5) is 41.5. The lowest BCUT2D eigenvalue weighted by Gasteiger charge is -2.35. The summed E-state index contributed by atoms with van der Waals surface area (Å²) in [6.45, 7) is 6.68. The highest BCUT2D eigenvalue weighted by atomic mass is 35.5. The van der Waals surface area contributed by atoms with Crippen molar-refractivity contribution in [3.8, 4) is 0 Å². The number of carbonyl (C=O) groups is 1. The van der Waals surface area contributed by atoms with Gasteiger partial charge in [-0.15, -0.1) is 6.58 Å². The molecule has 4 aromatic rings. The molecular formula is C26H24Cl2N8O3. The van der Waals surface area contributed by atoms with Gasteiger partial charge in [-0.1, -0.05) is 41.4 Å². The van der Waals surface area contributed by atoms with E-state index in [2.05, 4.69) is 16.9 Å². The Morgan fingerprint density at radius 1 is 1.10 bits per heavy atom. The van der Waals surface area contributed by atoms with Crippen molar-refractivity contribution in [3.63, 3.8) is 0 Å². The SMILES string of the molecule is C=CCNc1nc(N2CCN(C(=O)c3ccc(Cl)cc3Cl)CC2)nc2c1ncn2Cc1ccc([N+](=O)[O-])cc1. The Bertz CT molecular complexity index is 1550. The van der Waals surface area contributed by atoms with Crippen LogP contribution in [-0.2, 0) is 6.54 Å². The Morgan fingerprint density at radius 3 is 2.51 bits per heavy atom. The van der Waals surface area contributed by atoms with Gasteiger partial charge < -0.3 is 19.7 Å². The van der Waals surface area contributed by atoms with Gasteiger partial charge in [-0.25, -0.2) is 4.98 Å². The number of nitro benzene ring substituents is 1. The van der Waals surface area contributed by atoms with Crippen LogP contribution < -0.4 is 10.2 Å². The fourth-order valence-corrected chi connectivity index (χ4v) is 4.83. The standard InChI is InChI=1S/C26H24Cl2N8O3/c1-2-9-29-23-22-24(35(16-30-22)15-17-3-6-19(7-4-17)36(38)39)32-26(31-23)34-12-10-33(11-13-34)25(37)20-8-5-18(27)14-21(20)28/h2-8,14,16H,1,9-13,15H2,(H,29,31,32). The molecule has 0 spiro atoms. The van der Waals surface area contributed by atoms with Crippen LogP contribution in [0.1, 0.15) is 15.9 Å². The van der Waals surface area contributed by atoms with Gasteiger partial charge in [-0.2, -0.15) is 9.97 Å². The van der Waals surface area contributed by atoms with Crippen LogP contribution in [0.25, 0.3) is 11.2 Å². The van der Waals surface area contributed by atoms with Crippen molar-refractivity contribution in [1.82, 2.24) is 24.4 Å². The monoisotopic (exact) mass is 566 g/mol. The maximum absolute atomic E-state index is 13.0. The molecule has 13 heteroatoms. The van der Waals surface area contributed by atoms with Crippen LogP contribution in [0.2, 0.25) is 10.0 Å². The van der Waals surface area contributed by atoms with Crippen LogP contribution in [0.4, 0.5) is 17.5 Å². The Labute approximate surface area is 233 Å². The van der Waals surface area contributed by atoms with Gasteiger partial charge in [0.1, 0.15) is 0 Å². The van der Waals surface area contributed by atoms with Crippen LogP contribution in [0.3, 0.4) is 0 Å². The lowest BCUT2D eigenvalue weighted by molar-refractivity contribution is -0.384. The number of carbonyl (C=O) groups excluding carboxylic acids is 1. The summed E-state index contributed by atoms with van der Waals surface area (Å²) >= 11 is 12.2. The topological polar surface area (TPSA) is 122 Å². The number of piperazine rings is 1. The summed E-state index contributed by atoms with van der Waals surface area (Å²) in [6, 6.07) is 11.2. The van der Waals surface area contributed by atoms with E-state index in [0.29, 0.717) is 77.8 Å². The van der Waals surface area contributed by atoms with Gasteiger partial charge in [-0.3, -0.25) is 14.9 Å². The Hall–Kier alpha value is -4.22. The molecule has 11 nitrogen and oxygen atoms in total. The number of benzene rings is 2. The summed E-state index contributed by atoms with van der Waals surface area (Å²) in [5.74, 6) is 0.933. The molecule has 2 aromatic heterocycles. The fraction of sp³-hybridized carbons (Fsp3) is 0.231. The van der Waals surface area contributed by atoms with Gasteiger partial charge in [0.25, 0.3) is 11.6 Å². The van der Waals surface area contributed by atoms with Crippen LogP contribution in [-0.4, -0.2) is 68.0 Å². The van der Waals surface area contributed by atoms with Crippen molar-refractivity contribution in [3.05, 3.63) is 92.7 Å². The molecular weight excluding hydrogens is 543 g/mol. The summed E-state index contributed by atoms with van der Waals surface area (Å²) in [5, 5.41) is 15.0. The van der Waals surface area contributed by atoms with Gasteiger partial charge in [0.05, 0.1) is 28.4 Å². The van der Waals surface area contributed by atoms with Crippen molar-refractivity contribution in [1.29, 1.82) is 0 Å². The molecule has 2 aromatic carbocycles. The van der Waals surface area contributed by atoms with Crippen LogP contribution in [0.15, 0.2) is 61.4 Å². The lowest BCUT2D eigenvalue weighted by atomic mass is 10.2. The molecule has 1 amide bonds. The Kier molecular flexibility index (Phi) is 7.62. The van der Waals surface area contributed by atoms with Crippen molar-refractivity contribution < 1.29 is 9.72 Å². The van der Waals surface area contributed by atoms with Gasteiger partial charge >= 0.3 is 0 Å². The molecule has 0 unspecified atom stereocenters. The first-order chi connectivity index (χ1) is 18.8. The highest BCUT2D eigenvalue weighted by Gasteiger charge is 2.26. The fourth-order valence-electron chi connectivity index (χ4n) is 4.34. The van der Waals surface area contributed by atoms with E-state index < -0.39 is 4.92 Å². The molecule has 5 rings (SSSR count). The first-order valence-corrected chi connectivity index (χ1v) is 12.9. The first-order valence-electron chi connectivity index (χ1n) is 12.1. The minimum atomic E-state index is -0.426. The molecule has 0 saturated carbocycles. The molecule has 0 bridgehead atoms. The number of halogens is 2. The number of anilines is 2. The molecule has 1 saturated heterocycles. The predicted molar refractivity (Wildman–Crippen MR) is 151 cm³/mol. The number of nitrogens with zero attached hydrogens (tertiary/aromatic N) is 7. The zero-order valence-electron chi connectivity index (χ0n) is 20.8. The second-order valence-corrected chi connectivity index (χ2v) is 9.76. The number of imidazole rings is 1. The summed E-state index contributed by atoms with van der Waals surface area (Å²) < 4.78 is 1.88. The third-order valence-electron chi connectivity index (χ3n) is 6.38. The van der Waals surface area contributed by atoms with Crippen LogP contribution >= 0.6 is 23.2 Å². The molecule has 1 fully saturated rings. The lowest BCUT2D eigenvalue weighted by Crippen LogP contribution is -2.49. The third-order valence-corrected chi connectivity index (χ3v) is 6.93. The minimum Gasteiger partial charge on any atom is -0.365 e. The molecule has 0 atom stereocenters. The second kappa shape index (κ2) is 11.3. The van der Waals surface area contributed by atoms with Gasteiger partial charge in [0, 0.05) is 49.9 Å². The van der Waals surface area contributed by atoms with E-state index in [1.165, 1.54) is 12.1 Å². The number of non-ortho nitro benzene ring substituents is 1. The summed E-state index contributed by atoms with van der Waals surface area (Å²) in [5.41, 5.74) is 2.54. The first kappa shape index (κ1) is 26.4. The average molecular weight is 567 g/mol. The number of hydrogen-bond donors (Lipinski definition) is 1. The number of nitrogens with one attached hydrogen (secondary N) is 1. The van der Waals surface area contributed by atoms with Crippen molar-refractivity contribution in [2.24, 2.45) is 0 Å². The van der Waals surface area contributed by atoms with Crippen LogP contribution in [0, 0.1) is 10.1 Å². The highest BCUT2D eigenvalue weighted by Crippen LogP contribution is 2.26. The Balaban J connectivity index is 1.38. The van der Waals surface area contributed by atoms with Gasteiger partial charge in [0.15, 0.2) is 17.0 Å². The summed E-state index contributed by atoms with van der Waals surface area (Å²) in [6.07, 6.45) is 3.41. The number of hydrogen-bond acceptors (Lipinski definition) is 8. The number of fused-ring (bicyclic) bond motifs is 1. The molecule has 1 N–H and O–H groups in total. The predicted octanol–water partition coefficient (Wildman–Crippen LogP) is 4.65. The molecule has 0 aliphatic carbocycles. The van der Waals surface area contributed by atoms with E-state index in [1.807, 2.05) is 9.47 Å². The second-order valence-electron chi connectivity index (χ2n) is 8.91. The molecule has 3 heterocycles. The van der Waals surface area contributed by atoms with Gasteiger partial charge in [-0.05, 0) is 23.8 Å². The van der Waals surface area contributed by atoms with Crippen molar-refractivity contribution in [2.75, 3.05) is 42.9 Å². The quantitative estimate of drug-likeness (QED) is 0.186. The van der Waals surface area contributed by atoms with E-state index in [0.717, 1.165) is 5.56 Å². The number of nitro groups is 1.